The fourth-order valence-electron chi connectivity index (χ4n) is 4.15. The molecule has 31 heavy (non-hydrogen) atoms. The molecule has 0 saturated carbocycles. The van der Waals surface area contributed by atoms with Crippen molar-refractivity contribution in [2.75, 3.05) is 36.8 Å². The Balaban J connectivity index is 1.55. The van der Waals surface area contributed by atoms with Crippen molar-refractivity contribution in [2.24, 2.45) is 0 Å². The summed E-state index contributed by atoms with van der Waals surface area (Å²) in [5.41, 5.74) is 3.64. The van der Waals surface area contributed by atoms with Crippen LogP contribution in [-0.2, 0) is 22.6 Å². The molecule has 0 spiro atoms. The van der Waals surface area contributed by atoms with Crippen LogP contribution >= 0.6 is 11.8 Å². The predicted molar refractivity (Wildman–Crippen MR) is 122 cm³/mol. The molecule has 2 aliphatic heterocycles. The maximum absolute atomic E-state index is 13.1. The lowest BCUT2D eigenvalue weighted by Gasteiger charge is -2.33. The fraction of sp³-hybridized carbons (Fsp3) is 0.375. The Labute approximate surface area is 187 Å². The van der Waals surface area contributed by atoms with E-state index in [9.17, 15) is 14.4 Å². The molecule has 0 atom stereocenters. The number of anilines is 1. The first kappa shape index (κ1) is 21.4. The van der Waals surface area contributed by atoms with Gasteiger partial charge in [0.2, 0.25) is 11.8 Å². The van der Waals surface area contributed by atoms with Crippen molar-refractivity contribution < 1.29 is 14.4 Å². The summed E-state index contributed by atoms with van der Waals surface area (Å²) >= 11 is 1.45. The highest BCUT2D eigenvalue weighted by atomic mass is 32.2. The second-order valence-electron chi connectivity index (χ2n) is 7.76. The van der Waals surface area contributed by atoms with Gasteiger partial charge in [0.15, 0.2) is 0 Å². The van der Waals surface area contributed by atoms with Crippen molar-refractivity contribution in [3.8, 4) is 0 Å². The van der Waals surface area contributed by atoms with E-state index in [0.717, 1.165) is 16.9 Å². The van der Waals surface area contributed by atoms with Crippen LogP contribution in [0.25, 0.3) is 0 Å². The van der Waals surface area contributed by atoms with Gasteiger partial charge in [-0.15, -0.1) is 11.8 Å². The molecule has 2 aliphatic rings. The average Bonchev–Trinajstić information content (AvgIpc) is 2.80. The summed E-state index contributed by atoms with van der Waals surface area (Å²) in [4.78, 5) is 44.7. The molecule has 3 amide bonds. The van der Waals surface area contributed by atoms with Crippen molar-refractivity contribution in [1.82, 2.24) is 9.80 Å². The highest BCUT2D eigenvalue weighted by Gasteiger charge is 2.30. The average molecular weight is 438 g/mol. The molecule has 162 valence electrons. The third kappa shape index (κ3) is 4.32. The fourth-order valence-corrected chi connectivity index (χ4v) is 5.06. The first-order chi connectivity index (χ1) is 15.0. The third-order valence-electron chi connectivity index (χ3n) is 5.98. The lowest BCUT2D eigenvalue weighted by Crippen LogP contribution is -2.46. The number of carbonyl (C=O) groups excluding carboxylic acids is 3. The first-order valence-electron chi connectivity index (χ1n) is 10.7. The Kier molecular flexibility index (Phi) is 6.32. The van der Waals surface area contributed by atoms with E-state index in [2.05, 4.69) is 12.1 Å². The standard InChI is InChI=1S/C24H27N3O3S/c1-3-25(4-2)24(30)18-9-10-21-20(13-18)27(23(29)16-31-21)15-22(28)26-12-11-17-7-5-6-8-19(17)14-26/h5-10,13H,3-4,11-12,14-16H2,1-2H3. The van der Waals surface area contributed by atoms with Gasteiger partial charge >= 0.3 is 0 Å². The number of amides is 3. The third-order valence-corrected chi connectivity index (χ3v) is 7.02. The summed E-state index contributed by atoms with van der Waals surface area (Å²) in [5, 5.41) is 0. The summed E-state index contributed by atoms with van der Waals surface area (Å²) in [6.45, 7) is 6.36. The molecule has 4 rings (SSSR count). The van der Waals surface area contributed by atoms with Gasteiger partial charge in [0, 0.05) is 36.6 Å². The molecule has 0 saturated heterocycles. The Bertz CT molecular complexity index is 1020. The topological polar surface area (TPSA) is 60.9 Å². The zero-order valence-corrected chi connectivity index (χ0v) is 18.8. The van der Waals surface area contributed by atoms with Crippen LogP contribution in [0.15, 0.2) is 47.4 Å². The summed E-state index contributed by atoms with van der Waals surface area (Å²) in [7, 11) is 0. The monoisotopic (exact) mass is 437 g/mol. The Morgan fingerprint density at radius 3 is 2.55 bits per heavy atom. The van der Waals surface area contributed by atoms with Crippen molar-refractivity contribution in [1.29, 1.82) is 0 Å². The van der Waals surface area contributed by atoms with E-state index in [1.165, 1.54) is 17.3 Å². The van der Waals surface area contributed by atoms with Crippen LogP contribution in [0.2, 0.25) is 0 Å². The van der Waals surface area contributed by atoms with Gasteiger partial charge in [-0.25, -0.2) is 0 Å². The molecular formula is C24H27N3O3S. The number of hydrogen-bond acceptors (Lipinski definition) is 4. The van der Waals surface area contributed by atoms with E-state index in [4.69, 9.17) is 0 Å². The number of rotatable bonds is 5. The number of benzene rings is 2. The Morgan fingerprint density at radius 1 is 1.06 bits per heavy atom. The first-order valence-corrected chi connectivity index (χ1v) is 11.7. The van der Waals surface area contributed by atoms with E-state index >= 15 is 0 Å². The summed E-state index contributed by atoms with van der Waals surface area (Å²) in [6, 6.07) is 13.6. The van der Waals surface area contributed by atoms with Crippen LogP contribution in [0.4, 0.5) is 5.69 Å². The van der Waals surface area contributed by atoms with E-state index in [0.29, 0.717) is 43.2 Å². The van der Waals surface area contributed by atoms with Crippen LogP contribution in [0.3, 0.4) is 0 Å². The van der Waals surface area contributed by atoms with Crippen molar-refractivity contribution in [3.05, 3.63) is 59.2 Å². The van der Waals surface area contributed by atoms with Crippen LogP contribution in [0, 0.1) is 0 Å². The highest BCUT2D eigenvalue weighted by Crippen LogP contribution is 2.36. The highest BCUT2D eigenvalue weighted by molar-refractivity contribution is 8.00. The Hall–Kier alpha value is -2.80. The molecule has 2 aromatic carbocycles. The second-order valence-corrected chi connectivity index (χ2v) is 8.78. The van der Waals surface area contributed by atoms with Gasteiger partial charge in [0.25, 0.3) is 5.91 Å². The van der Waals surface area contributed by atoms with E-state index in [-0.39, 0.29) is 24.3 Å². The molecule has 0 unspecified atom stereocenters. The lowest BCUT2D eigenvalue weighted by atomic mass is 10.00. The summed E-state index contributed by atoms with van der Waals surface area (Å²) in [6.07, 6.45) is 0.824. The molecule has 7 heteroatoms. The van der Waals surface area contributed by atoms with Gasteiger partial charge in [-0.1, -0.05) is 24.3 Å². The molecular weight excluding hydrogens is 410 g/mol. The molecule has 0 fully saturated rings. The van der Waals surface area contributed by atoms with Gasteiger partial charge in [-0.05, 0) is 49.6 Å². The zero-order chi connectivity index (χ0) is 22.0. The SMILES string of the molecule is CCN(CC)C(=O)c1ccc2c(c1)N(CC(=O)N1CCc3ccccc3C1)C(=O)CS2. The molecule has 6 nitrogen and oxygen atoms in total. The van der Waals surface area contributed by atoms with Crippen molar-refractivity contribution >= 4 is 35.2 Å². The lowest BCUT2D eigenvalue weighted by molar-refractivity contribution is -0.132. The van der Waals surface area contributed by atoms with E-state index in [1.54, 1.807) is 15.9 Å². The van der Waals surface area contributed by atoms with Crippen LogP contribution in [0.1, 0.15) is 35.3 Å². The van der Waals surface area contributed by atoms with Gasteiger partial charge < -0.3 is 14.7 Å². The van der Waals surface area contributed by atoms with Gasteiger partial charge in [-0.3, -0.25) is 14.4 Å². The minimum absolute atomic E-state index is 0.00251. The molecule has 2 aromatic rings. The van der Waals surface area contributed by atoms with Gasteiger partial charge in [0.05, 0.1) is 11.4 Å². The van der Waals surface area contributed by atoms with Crippen molar-refractivity contribution in [3.63, 3.8) is 0 Å². The van der Waals surface area contributed by atoms with E-state index < -0.39 is 0 Å². The number of fused-ring (bicyclic) bond motifs is 2. The molecule has 0 aromatic heterocycles. The molecule has 0 N–H and O–H groups in total. The van der Waals surface area contributed by atoms with E-state index in [1.807, 2.05) is 43.0 Å². The zero-order valence-electron chi connectivity index (χ0n) is 18.0. The van der Waals surface area contributed by atoms with Crippen LogP contribution < -0.4 is 4.90 Å². The number of thioether (sulfide) groups is 1. The quantitative estimate of drug-likeness (QED) is 0.721. The number of nitrogens with zero attached hydrogens (tertiary/aromatic N) is 3. The van der Waals surface area contributed by atoms with Crippen LogP contribution in [-0.4, -0.2) is 59.5 Å². The molecule has 0 radical (unpaired) electrons. The maximum atomic E-state index is 13.1. The summed E-state index contributed by atoms with van der Waals surface area (Å²) in [5.74, 6) is 0.0681. The van der Waals surface area contributed by atoms with Gasteiger partial charge in [-0.2, -0.15) is 0 Å². The second kappa shape index (κ2) is 9.14. The molecule has 0 bridgehead atoms. The van der Waals surface area contributed by atoms with Crippen molar-refractivity contribution in [2.45, 2.75) is 31.7 Å². The minimum atomic E-state index is -0.101. The van der Waals surface area contributed by atoms with Crippen LogP contribution in [0.5, 0.6) is 0 Å². The smallest absolute Gasteiger partial charge is 0.253 e. The maximum Gasteiger partial charge on any atom is 0.253 e. The number of hydrogen-bond donors (Lipinski definition) is 0. The normalized spacial score (nSPS) is 15.4. The molecule has 2 heterocycles. The molecule has 0 aliphatic carbocycles. The predicted octanol–water partition coefficient (Wildman–Crippen LogP) is 3.19. The largest absolute Gasteiger partial charge is 0.339 e. The summed E-state index contributed by atoms with van der Waals surface area (Å²) < 4.78 is 0. The minimum Gasteiger partial charge on any atom is -0.339 e. The Morgan fingerprint density at radius 2 is 1.81 bits per heavy atom. The number of carbonyl (C=O) groups is 3. The van der Waals surface area contributed by atoms with Gasteiger partial charge in [0.1, 0.15) is 6.54 Å².